The molecule has 35 heavy (non-hydrogen) atoms. The average molecular weight is 482 g/mol. The molecule has 1 amide bonds. The number of rotatable bonds is 11. The van der Waals surface area contributed by atoms with Gasteiger partial charge < -0.3 is 20.1 Å². The Hall–Kier alpha value is -4.12. The number of nitrogens with zero attached hydrogens (tertiary/aromatic N) is 6. The van der Waals surface area contributed by atoms with Crippen molar-refractivity contribution in [3.63, 3.8) is 0 Å². The minimum absolute atomic E-state index is 0.0387. The molecule has 0 radical (unpaired) electrons. The molecule has 0 spiro atoms. The molecule has 11 heteroatoms. The molecular formula is C24H28FN7O3. The number of aliphatic imine (C=N–C) groups is 1. The van der Waals surface area contributed by atoms with E-state index in [0.717, 1.165) is 5.56 Å². The standard InChI is InChI=1S/C24H28FN7O3/c1-16-9-20(35-8-7-34-4)13-28-22(16)5-6-31(15-33)17(2)23-29-30-24-21(25)10-18(14-32(23)24)19(11-26)12-27-3/h5-6,9-15,17H,7-8,26H2,1-4H3/b6-5-,19-11?,27-12?/t17-/m1/s1. The molecule has 184 valence electrons. The first-order valence-electron chi connectivity index (χ1n) is 10.8. The van der Waals surface area contributed by atoms with Crippen molar-refractivity contribution in [2.24, 2.45) is 10.7 Å². The van der Waals surface area contributed by atoms with Gasteiger partial charge in [-0.25, -0.2) is 4.39 Å². The first kappa shape index (κ1) is 25.5. The van der Waals surface area contributed by atoms with Gasteiger partial charge >= 0.3 is 0 Å². The van der Waals surface area contributed by atoms with Crippen molar-refractivity contribution >= 4 is 29.9 Å². The molecule has 0 saturated heterocycles. The largest absolute Gasteiger partial charge is 0.490 e. The number of pyridine rings is 2. The van der Waals surface area contributed by atoms with E-state index in [1.807, 2.05) is 13.0 Å². The summed E-state index contributed by atoms with van der Waals surface area (Å²) in [4.78, 5) is 21.6. The fraction of sp³-hybridized carbons (Fsp3) is 0.292. The first-order valence-corrected chi connectivity index (χ1v) is 10.8. The topological polar surface area (TPSA) is 120 Å². The predicted octanol–water partition coefficient (Wildman–Crippen LogP) is 2.79. The molecule has 2 N–H and O–H groups in total. The Kier molecular flexibility index (Phi) is 8.63. The number of hydrogen-bond donors (Lipinski definition) is 1. The smallest absolute Gasteiger partial charge is 0.214 e. The molecule has 3 aromatic rings. The van der Waals surface area contributed by atoms with Gasteiger partial charge in [0, 0.05) is 50.1 Å². The SMILES string of the molecule is CN=CC(=CN)c1cc(F)c2nnc([C@@H](C)N(C=O)/C=C\c3ncc(OCCOC)cc3C)n2c1. The van der Waals surface area contributed by atoms with E-state index in [1.54, 1.807) is 45.8 Å². The highest BCUT2D eigenvalue weighted by atomic mass is 19.1. The Morgan fingerprint density at radius 1 is 1.34 bits per heavy atom. The first-order chi connectivity index (χ1) is 16.9. The number of aryl methyl sites for hydroxylation is 1. The molecule has 10 nitrogen and oxygen atoms in total. The molecule has 0 saturated carbocycles. The van der Waals surface area contributed by atoms with Crippen molar-refractivity contribution in [1.29, 1.82) is 0 Å². The molecule has 1 atom stereocenters. The maximum atomic E-state index is 14.7. The zero-order chi connectivity index (χ0) is 25.4. The van der Waals surface area contributed by atoms with Crippen molar-refractivity contribution in [2.75, 3.05) is 27.4 Å². The fourth-order valence-electron chi connectivity index (χ4n) is 3.37. The van der Waals surface area contributed by atoms with E-state index in [0.29, 0.717) is 48.0 Å². The van der Waals surface area contributed by atoms with Gasteiger partial charge in [-0.05, 0) is 37.6 Å². The van der Waals surface area contributed by atoms with Gasteiger partial charge in [-0.3, -0.25) is 19.2 Å². The number of ether oxygens (including phenoxy) is 2. The third kappa shape index (κ3) is 5.87. The summed E-state index contributed by atoms with van der Waals surface area (Å²) in [6.07, 6.45) is 10.1. The third-order valence-electron chi connectivity index (χ3n) is 5.26. The number of methoxy groups -OCH3 is 1. The monoisotopic (exact) mass is 481 g/mol. The lowest BCUT2D eigenvalue weighted by Crippen LogP contribution is -2.21. The van der Waals surface area contributed by atoms with E-state index in [1.165, 1.54) is 27.8 Å². The number of fused-ring (bicyclic) bond motifs is 1. The van der Waals surface area contributed by atoms with E-state index < -0.39 is 11.9 Å². The van der Waals surface area contributed by atoms with Gasteiger partial charge in [0.15, 0.2) is 17.3 Å². The van der Waals surface area contributed by atoms with E-state index in [-0.39, 0.29) is 5.65 Å². The lowest BCUT2D eigenvalue weighted by atomic mass is 10.1. The number of amides is 1. The quantitative estimate of drug-likeness (QED) is 0.254. The minimum atomic E-state index is -0.571. The summed E-state index contributed by atoms with van der Waals surface area (Å²) >= 11 is 0. The number of halogens is 1. The summed E-state index contributed by atoms with van der Waals surface area (Å²) in [6.45, 7) is 4.56. The van der Waals surface area contributed by atoms with E-state index >= 15 is 0 Å². The van der Waals surface area contributed by atoms with Gasteiger partial charge in [0.2, 0.25) is 6.41 Å². The predicted molar refractivity (Wildman–Crippen MR) is 131 cm³/mol. The van der Waals surface area contributed by atoms with Crippen LogP contribution in [0.2, 0.25) is 0 Å². The fourth-order valence-corrected chi connectivity index (χ4v) is 3.37. The normalized spacial score (nSPS) is 13.1. The highest BCUT2D eigenvalue weighted by molar-refractivity contribution is 6.09. The van der Waals surface area contributed by atoms with Gasteiger partial charge in [-0.1, -0.05) is 0 Å². The van der Waals surface area contributed by atoms with E-state index in [9.17, 15) is 9.18 Å². The van der Waals surface area contributed by atoms with Crippen LogP contribution in [0.3, 0.4) is 0 Å². The second kappa shape index (κ2) is 11.8. The van der Waals surface area contributed by atoms with Crippen molar-refractivity contribution in [3.05, 3.63) is 65.4 Å². The summed E-state index contributed by atoms with van der Waals surface area (Å²) in [5, 5.41) is 8.08. The molecule has 0 fully saturated rings. The number of nitrogens with two attached hydrogens (primary N) is 1. The van der Waals surface area contributed by atoms with Crippen LogP contribution in [0.25, 0.3) is 17.3 Å². The summed E-state index contributed by atoms with van der Waals surface area (Å²) < 4.78 is 26.8. The zero-order valence-corrected chi connectivity index (χ0v) is 20.1. The van der Waals surface area contributed by atoms with Gasteiger partial charge in [0.1, 0.15) is 12.4 Å². The van der Waals surface area contributed by atoms with Crippen LogP contribution in [0.15, 0.2) is 41.9 Å². The Labute approximate surface area is 202 Å². The van der Waals surface area contributed by atoms with Crippen molar-refractivity contribution in [3.8, 4) is 5.75 Å². The van der Waals surface area contributed by atoms with E-state index in [2.05, 4.69) is 20.2 Å². The number of carbonyl (C=O) groups is 1. The third-order valence-corrected chi connectivity index (χ3v) is 5.26. The van der Waals surface area contributed by atoms with Crippen LogP contribution in [-0.2, 0) is 9.53 Å². The summed E-state index contributed by atoms with van der Waals surface area (Å²) in [5.41, 5.74) is 8.28. The number of aromatic nitrogens is 4. The number of hydrogen-bond acceptors (Lipinski definition) is 8. The zero-order valence-electron chi connectivity index (χ0n) is 20.1. The van der Waals surface area contributed by atoms with Gasteiger partial charge in [-0.15, -0.1) is 10.2 Å². The maximum Gasteiger partial charge on any atom is 0.214 e. The van der Waals surface area contributed by atoms with Crippen LogP contribution in [0, 0.1) is 12.7 Å². The molecule has 0 aliphatic rings. The lowest BCUT2D eigenvalue weighted by molar-refractivity contribution is -0.117. The van der Waals surface area contributed by atoms with E-state index in [4.69, 9.17) is 15.2 Å². The molecule has 0 aliphatic heterocycles. The molecular weight excluding hydrogens is 453 g/mol. The van der Waals surface area contributed by atoms with Gasteiger partial charge in [0.25, 0.3) is 0 Å². The average Bonchev–Trinajstić information content (AvgIpc) is 3.28. The molecule has 0 bridgehead atoms. The lowest BCUT2D eigenvalue weighted by Gasteiger charge is -2.20. The molecule has 3 aromatic heterocycles. The summed E-state index contributed by atoms with van der Waals surface area (Å²) in [5.74, 6) is 0.427. The van der Waals surface area contributed by atoms with Crippen LogP contribution in [0.4, 0.5) is 4.39 Å². The van der Waals surface area contributed by atoms with Gasteiger partial charge in [0.05, 0.1) is 24.5 Å². The van der Waals surface area contributed by atoms with Crippen LogP contribution in [0.5, 0.6) is 5.75 Å². The molecule has 3 rings (SSSR count). The Balaban J connectivity index is 1.88. The molecule has 0 unspecified atom stereocenters. The van der Waals surface area contributed by atoms with Crippen molar-refractivity contribution in [1.82, 2.24) is 24.5 Å². The molecule has 0 aromatic carbocycles. The minimum Gasteiger partial charge on any atom is -0.490 e. The van der Waals surface area contributed by atoms with Crippen LogP contribution >= 0.6 is 0 Å². The second-order valence-electron chi connectivity index (χ2n) is 7.60. The van der Waals surface area contributed by atoms with Gasteiger partial charge in [-0.2, -0.15) is 0 Å². The summed E-state index contributed by atoms with van der Waals surface area (Å²) in [6, 6.07) is 2.61. The van der Waals surface area contributed by atoms with Crippen LogP contribution < -0.4 is 10.5 Å². The van der Waals surface area contributed by atoms with Crippen LogP contribution in [-0.4, -0.2) is 64.5 Å². The Morgan fingerprint density at radius 3 is 2.80 bits per heavy atom. The number of carbonyl (C=O) groups excluding carboxylic acids is 1. The molecule has 3 heterocycles. The second-order valence-corrected chi connectivity index (χ2v) is 7.60. The number of allylic oxidation sites excluding steroid dienone is 1. The van der Waals surface area contributed by atoms with Crippen molar-refractivity contribution in [2.45, 2.75) is 19.9 Å². The maximum absolute atomic E-state index is 14.7. The highest BCUT2D eigenvalue weighted by Gasteiger charge is 2.21. The highest BCUT2D eigenvalue weighted by Crippen LogP contribution is 2.23. The Morgan fingerprint density at radius 2 is 2.14 bits per heavy atom. The van der Waals surface area contributed by atoms with Crippen LogP contribution in [0.1, 0.15) is 35.6 Å². The Bertz CT molecular complexity index is 1270. The van der Waals surface area contributed by atoms with Crippen molar-refractivity contribution < 1.29 is 18.7 Å². The summed E-state index contributed by atoms with van der Waals surface area (Å²) in [7, 11) is 3.20. The molecule has 0 aliphatic carbocycles.